The molecule has 0 amide bonds. The van der Waals surface area contributed by atoms with Crippen molar-refractivity contribution in [3.8, 4) is 0 Å². The summed E-state index contributed by atoms with van der Waals surface area (Å²) in [5.74, 6) is 0. The molecule has 18 heavy (non-hydrogen) atoms. The Morgan fingerprint density at radius 3 is 2.56 bits per heavy atom. The van der Waals surface area contributed by atoms with Gasteiger partial charge in [-0.15, -0.1) is 6.58 Å². The summed E-state index contributed by atoms with van der Waals surface area (Å²) in [4.78, 5) is 0. The molecule has 0 aromatic heterocycles. The third-order valence-electron chi connectivity index (χ3n) is 3.12. The maximum atomic E-state index is 3.77. The standard InChI is InChI=1S/C16H24IN/c1-3-5-6-7-8-9-16(18-4-2)14-10-12-15(17)13-11-14/h3,10-13,16,18H,1,4-9H2,2H3. The second-order valence-electron chi connectivity index (χ2n) is 4.59. The summed E-state index contributed by atoms with van der Waals surface area (Å²) in [5, 5.41) is 3.59. The lowest BCUT2D eigenvalue weighted by Gasteiger charge is -2.18. The minimum Gasteiger partial charge on any atom is -0.310 e. The van der Waals surface area contributed by atoms with E-state index in [1.165, 1.54) is 34.8 Å². The number of rotatable bonds is 9. The van der Waals surface area contributed by atoms with E-state index >= 15 is 0 Å². The second-order valence-corrected chi connectivity index (χ2v) is 5.83. The molecule has 0 fully saturated rings. The van der Waals surface area contributed by atoms with Crippen LogP contribution in [0, 0.1) is 3.57 Å². The average molecular weight is 357 g/mol. The molecule has 0 heterocycles. The molecule has 1 rings (SSSR count). The van der Waals surface area contributed by atoms with E-state index in [1.54, 1.807) is 0 Å². The Balaban J connectivity index is 2.43. The predicted octanol–water partition coefficient (Wildman–Crippen LogP) is 5.08. The van der Waals surface area contributed by atoms with Crippen LogP contribution in [0.1, 0.15) is 50.6 Å². The van der Waals surface area contributed by atoms with Crippen molar-refractivity contribution in [3.05, 3.63) is 46.1 Å². The largest absolute Gasteiger partial charge is 0.310 e. The van der Waals surface area contributed by atoms with Crippen molar-refractivity contribution in [2.75, 3.05) is 6.54 Å². The Kier molecular flexibility index (Phi) is 8.34. The smallest absolute Gasteiger partial charge is 0.0320 e. The van der Waals surface area contributed by atoms with E-state index in [0.29, 0.717) is 6.04 Å². The van der Waals surface area contributed by atoms with Crippen LogP contribution in [0.15, 0.2) is 36.9 Å². The van der Waals surface area contributed by atoms with Crippen LogP contribution in [0.4, 0.5) is 0 Å². The summed E-state index contributed by atoms with van der Waals surface area (Å²) in [6.45, 7) is 6.97. The van der Waals surface area contributed by atoms with Crippen molar-refractivity contribution in [2.24, 2.45) is 0 Å². The fourth-order valence-electron chi connectivity index (χ4n) is 2.14. The van der Waals surface area contributed by atoms with Gasteiger partial charge in [0, 0.05) is 9.61 Å². The first-order valence-corrected chi connectivity index (χ1v) is 7.95. The van der Waals surface area contributed by atoms with Crippen molar-refractivity contribution < 1.29 is 0 Å². The number of allylic oxidation sites excluding steroid dienone is 1. The lowest BCUT2D eigenvalue weighted by Crippen LogP contribution is -2.20. The predicted molar refractivity (Wildman–Crippen MR) is 88.9 cm³/mol. The van der Waals surface area contributed by atoms with Crippen LogP contribution in [0.2, 0.25) is 0 Å². The SMILES string of the molecule is C=CCCCCCC(NCC)c1ccc(I)cc1. The summed E-state index contributed by atoms with van der Waals surface area (Å²) >= 11 is 2.36. The third-order valence-corrected chi connectivity index (χ3v) is 3.84. The monoisotopic (exact) mass is 357 g/mol. The summed E-state index contributed by atoms with van der Waals surface area (Å²) in [5.41, 5.74) is 1.42. The lowest BCUT2D eigenvalue weighted by atomic mass is 10.00. The van der Waals surface area contributed by atoms with Crippen molar-refractivity contribution >= 4 is 22.6 Å². The van der Waals surface area contributed by atoms with E-state index in [2.05, 4.69) is 65.7 Å². The normalized spacial score (nSPS) is 12.3. The highest BCUT2D eigenvalue weighted by molar-refractivity contribution is 14.1. The van der Waals surface area contributed by atoms with Gasteiger partial charge in [0.05, 0.1) is 0 Å². The minimum atomic E-state index is 0.510. The molecular formula is C16H24IN. The number of unbranched alkanes of at least 4 members (excludes halogenated alkanes) is 3. The molecule has 0 radical (unpaired) electrons. The Morgan fingerprint density at radius 2 is 1.94 bits per heavy atom. The highest BCUT2D eigenvalue weighted by Gasteiger charge is 2.09. The highest BCUT2D eigenvalue weighted by Crippen LogP contribution is 2.21. The Labute approximate surface area is 125 Å². The Bertz CT molecular complexity index is 331. The Hall–Kier alpha value is -0.350. The topological polar surface area (TPSA) is 12.0 Å². The number of hydrogen-bond donors (Lipinski definition) is 1. The number of benzene rings is 1. The molecule has 100 valence electrons. The van der Waals surface area contributed by atoms with Crippen molar-refractivity contribution in [1.29, 1.82) is 0 Å². The van der Waals surface area contributed by atoms with E-state index in [4.69, 9.17) is 0 Å². The first-order chi connectivity index (χ1) is 8.77. The van der Waals surface area contributed by atoms with E-state index in [1.807, 2.05) is 6.08 Å². The zero-order valence-electron chi connectivity index (χ0n) is 11.3. The van der Waals surface area contributed by atoms with Gasteiger partial charge < -0.3 is 5.32 Å². The van der Waals surface area contributed by atoms with Crippen LogP contribution in [0.5, 0.6) is 0 Å². The molecule has 0 spiro atoms. The molecule has 1 unspecified atom stereocenters. The molecule has 1 aromatic rings. The summed E-state index contributed by atoms with van der Waals surface area (Å²) in [6, 6.07) is 9.39. The fraction of sp³-hybridized carbons (Fsp3) is 0.500. The highest BCUT2D eigenvalue weighted by atomic mass is 127. The molecule has 1 aromatic carbocycles. The van der Waals surface area contributed by atoms with Crippen molar-refractivity contribution in [3.63, 3.8) is 0 Å². The molecule has 2 heteroatoms. The van der Waals surface area contributed by atoms with Crippen LogP contribution in [-0.2, 0) is 0 Å². The zero-order chi connectivity index (χ0) is 13.2. The van der Waals surface area contributed by atoms with Gasteiger partial charge in [-0.25, -0.2) is 0 Å². The maximum Gasteiger partial charge on any atom is 0.0320 e. The van der Waals surface area contributed by atoms with Gasteiger partial charge in [-0.05, 0) is 66.1 Å². The fourth-order valence-corrected chi connectivity index (χ4v) is 2.50. The van der Waals surface area contributed by atoms with Gasteiger partial charge in [-0.1, -0.05) is 38.0 Å². The Morgan fingerprint density at radius 1 is 1.22 bits per heavy atom. The second kappa shape index (κ2) is 9.56. The quantitative estimate of drug-likeness (QED) is 0.369. The molecule has 0 aliphatic heterocycles. The minimum absolute atomic E-state index is 0.510. The molecule has 1 nitrogen and oxygen atoms in total. The first kappa shape index (κ1) is 15.7. The molecule has 0 saturated carbocycles. The van der Waals surface area contributed by atoms with Gasteiger partial charge in [0.15, 0.2) is 0 Å². The zero-order valence-corrected chi connectivity index (χ0v) is 13.4. The third kappa shape index (κ3) is 6.01. The van der Waals surface area contributed by atoms with Crippen LogP contribution in [0.25, 0.3) is 0 Å². The number of hydrogen-bond acceptors (Lipinski definition) is 1. The molecule has 0 aliphatic rings. The van der Waals surface area contributed by atoms with Crippen LogP contribution < -0.4 is 5.32 Å². The van der Waals surface area contributed by atoms with E-state index in [-0.39, 0.29) is 0 Å². The molecule has 0 bridgehead atoms. The number of nitrogens with one attached hydrogen (secondary N) is 1. The molecule has 0 aliphatic carbocycles. The van der Waals surface area contributed by atoms with Gasteiger partial charge in [-0.3, -0.25) is 0 Å². The number of halogens is 1. The molecule has 0 saturated heterocycles. The van der Waals surface area contributed by atoms with Gasteiger partial charge >= 0.3 is 0 Å². The summed E-state index contributed by atoms with van der Waals surface area (Å²) in [6.07, 6.45) is 8.26. The van der Waals surface area contributed by atoms with Crippen molar-refractivity contribution in [2.45, 2.75) is 45.1 Å². The average Bonchev–Trinajstić information content (AvgIpc) is 2.38. The van der Waals surface area contributed by atoms with Crippen LogP contribution in [-0.4, -0.2) is 6.54 Å². The lowest BCUT2D eigenvalue weighted by molar-refractivity contribution is 0.483. The molecule has 1 N–H and O–H groups in total. The molecular weight excluding hydrogens is 333 g/mol. The molecule has 1 atom stereocenters. The van der Waals surface area contributed by atoms with E-state index < -0.39 is 0 Å². The van der Waals surface area contributed by atoms with Gasteiger partial charge in [0.25, 0.3) is 0 Å². The van der Waals surface area contributed by atoms with Crippen LogP contribution in [0.3, 0.4) is 0 Å². The summed E-state index contributed by atoms with van der Waals surface area (Å²) < 4.78 is 1.30. The van der Waals surface area contributed by atoms with Gasteiger partial charge in [-0.2, -0.15) is 0 Å². The first-order valence-electron chi connectivity index (χ1n) is 6.87. The van der Waals surface area contributed by atoms with Crippen molar-refractivity contribution in [1.82, 2.24) is 5.32 Å². The van der Waals surface area contributed by atoms with E-state index in [9.17, 15) is 0 Å². The van der Waals surface area contributed by atoms with Gasteiger partial charge in [0.2, 0.25) is 0 Å². The summed E-state index contributed by atoms with van der Waals surface area (Å²) in [7, 11) is 0. The van der Waals surface area contributed by atoms with E-state index in [0.717, 1.165) is 13.0 Å². The van der Waals surface area contributed by atoms with Crippen LogP contribution >= 0.6 is 22.6 Å². The van der Waals surface area contributed by atoms with Gasteiger partial charge in [0.1, 0.15) is 0 Å². The maximum absolute atomic E-state index is 3.77.